The number of hydrogen-bond donors (Lipinski definition) is 1. The second-order valence-electron chi connectivity index (χ2n) is 5.49. The van der Waals surface area contributed by atoms with Crippen LogP contribution in [0, 0.1) is 24.0 Å². The van der Waals surface area contributed by atoms with Crippen molar-refractivity contribution in [3.8, 4) is 0 Å². The number of aryl methyl sites for hydroxylation is 1. The van der Waals surface area contributed by atoms with Gasteiger partial charge in [0.2, 0.25) is 0 Å². The average Bonchev–Trinajstić information content (AvgIpc) is 2.08. The summed E-state index contributed by atoms with van der Waals surface area (Å²) >= 11 is 0. The van der Waals surface area contributed by atoms with Crippen LogP contribution >= 0.6 is 0 Å². The Morgan fingerprint density at radius 2 is 1.75 bits per heavy atom. The predicted molar refractivity (Wildman–Crippen MR) is 62.1 cm³/mol. The topological polar surface area (TPSA) is 26.0 Å². The molecule has 2 N–H and O–H groups in total. The summed E-state index contributed by atoms with van der Waals surface area (Å²) in [7, 11) is 0. The summed E-state index contributed by atoms with van der Waals surface area (Å²) in [6, 6.07) is 2.02. The van der Waals surface area contributed by atoms with E-state index in [1.165, 1.54) is 6.07 Å². The van der Waals surface area contributed by atoms with Crippen LogP contribution in [-0.4, -0.2) is 0 Å². The van der Waals surface area contributed by atoms with Crippen LogP contribution in [0.25, 0.3) is 0 Å². The van der Waals surface area contributed by atoms with Gasteiger partial charge in [-0.05, 0) is 30.4 Å². The molecule has 0 aliphatic carbocycles. The Morgan fingerprint density at radius 1 is 1.19 bits per heavy atom. The van der Waals surface area contributed by atoms with Crippen molar-refractivity contribution in [3.63, 3.8) is 0 Å². The second-order valence-corrected chi connectivity index (χ2v) is 5.49. The molecule has 1 rings (SSSR count). The highest BCUT2D eigenvalue weighted by Crippen LogP contribution is 2.29. The molecule has 0 saturated carbocycles. The molecule has 1 atom stereocenters. The first-order valence-corrected chi connectivity index (χ1v) is 5.42. The molecule has 1 unspecified atom stereocenters. The van der Waals surface area contributed by atoms with Gasteiger partial charge in [0, 0.05) is 17.7 Å². The standard InChI is InChI=1S/C13H19F2N/c1-8-5-9(11(15)6-10(8)14)12(16)7-13(2,3)4/h5-6,12H,7,16H2,1-4H3. The van der Waals surface area contributed by atoms with Gasteiger partial charge in [0.15, 0.2) is 0 Å². The third-order valence-corrected chi connectivity index (χ3v) is 2.51. The molecule has 1 aromatic carbocycles. The van der Waals surface area contributed by atoms with E-state index in [0.717, 1.165) is 6.07 Å². The second kappa shape index (κ2) is 4.50. The maximum absolute atomic E-state index is 13.5. The molecule has 16 heavy (non-hydrogen) atoms. The van der Waals surface area contributed by atoms with Crippen LogP contribution in [0.5, 0.6) is 0 Å². The summed E-state index contributed by atoms with van der Waals surface area (Å²) in [6.45, 7) is 7.74. The monoisotopic (exact) mass is 227 g/mol. The van der Waals surface area contributed by atoms with E-state index in [1.54, 1.807) is 6.92 Å². The van der Waals surface area contributed by atoms with Gasteiger partial charge in [-0.3, -0.25) is 0 Å². The van der Waals surface area contributed by atoms with Gasteiger partial charge in [0.25, 0.3) is 0 Å². The molecule has 1 aromatic rings. The van der Waals surface area contributed by atoms with Crippen molar-refractivity contribution in [2.75, 3.05) is 0 Å². The quantitative estimate of drug-likeness (QED) is 0.819. The zero-order valence-electron chi connectivity index (χ0n) is 10.3. The Hall–Kier alpha value is -0.960. The van der Waals surface area contributed by atoms with Crippen LogP contribution in [-0.2, 0) is 0 Å². The maximum atomic E-state index is 13.5. The van der Waals surface area contributed by atoms with Crippen LogP contribution in [0.2, 0.25) is 0 Å². The zero-order valence-corrected chi connectivity index (χ0v) is 10.3. The number of hydrogen-bond acceptors (Lipinski definition) is 1. The highest BCUT2D eigenvalue weighted by molar-refractivity contribution is 5.28. The molecule has 0 spiro atoms. The Bertz CT molecular complexity index is 380. The number of nitrogens with two attached hydrogens (primary N) is 1. The minimum Gasteiger partial charge on any atom is -0.324 e. The van der Waals surface area contributed by atoms with Crippen LogP contribution in [0.4, 0.5) is 8.78 Å². The summed E-state index contributed by atoms with van der Waals surface area (Å²) in [6.07, 6.45) is 0.662. The van der Waals surface area contributed by atoms with Gasteiger partial charge in [-0.15, -0.1) is 0 Å². The lowest BCUT2D eigenvalue weighted by atomic mass is 9.85. The summed E-state index contributed by atoms with van der Waals surface area (Å²) in [5.74, 6) is -1.08. The summed E-state index contributed by atoms with van der Waals surface area (Å²) < 4.78 is 26.6. The molecule has 0 fully saturated rings. The molecule has 0 aliphatic heterocycles. The van der Waals surface area contributed by atoms with Gasteiger partial charge in [-0.25, -0.2) is 8.78 Å². The van der Waals surface area contributed by atoms with Crippen LogP contribution in [0.3, 0.4) is 0 Å². The van der Waals surface area contributed by atoms with Crippen molar-refractivity contribution in [1.29, 1.82) is 0 Å². The van der Waals surface area contributed by atoms with Crippen molar-refractivity contribution >= 4 is 0 Å². The predicted octanol–water partition coefficient (Wildman–Crippen LogP) is 3.71. The van der Waals surface area contributed by atoms with Crippen molar-refractivity contribution in [3.05, 3.63) is 34.9 Å². The molecular formula is C13H19F2N. The van der Waals surface area contributed by atoms with E-state index in [0.29, 0.717) is 17.5 Å². The van der Waals surface area contributed by atoms with Gasteiger partial charge in [0.1, 0.15) is 11.6 Å². The minimum atomic E-state index is -0.556. The van der Waals surface area contributed by atoms with E-state index in [2.05, 4.69) is 0 Å². The third-order valence-electron chi connectivity index (χ3n) is 2.51. The molecule has 90 valence electrons. The van der Waals surface area contributed by atoms with Crippen molar-refractivity contribution in [1.82, 2.24) is 0 Å². The summed E-state index contributed by atoms with van der Waals surface area (Å²) in [5.41, 5.74) is 6.79. The largest absolute Gasteiger partial charge is 0.324 e. The molecular weight excluding hydrogens is 208 g/mol. The summed E-state index contributed by atoms with van der Waals surface area (Å²) in [4.78, 5) is 0. The van der Waals surface area contributed by atoms with Crippen molar-refractivity contribution < 1.29 is 8.78 Å². The molecule has 0 heterocycles. The van der Waals surface area contributed by atoms with E-state index in [9.17, 15) is 8.78 Å². The molecule has 1 nitrogen and oxygen atoms in total. The lowest BCUT2D eigenvalue weighted by Crippen LogP contribution is -2.20. The number of benzene rings is 1. The van der Waals surface area contributed by atoms with Gasteiger partial charge >= 0.3 is 0 Å². The fraction of sp³-hybridized carbons (Fsp3) is 0.538. The number of rotatable bonds is 2. The van der Waals surface area contributed by atoms with Gasteiger partial charge in [-0.2, -0.15) is 0 Å². The molecule has 0 aliphatic rings. The van der Waals surface area contributed by atoms with Gasteiger partial charge in [-0.1, -0.05) is 20.8 Å². The summed E-state index contributed by atoms with van der Waals surface area (Å²) in [5, 5.41) is 0. The highest BCUT2D eigenvalue weighted by Gasteiger charge is 2.20. The van der Waals surface area contributed by atoms with E-state index in [1.807, 2.05) is 20.8 Å². The third kappa shape index (κ3) is 3.27. The van der Waals surface area contributed by atoms with E-state index in [-0.39, 0.29) is 11.5 Å². The first kappa shape index (κ1) is 13.1. The van der Waals surface area contributed by atoms with E-state index in [4.69, 9.17) is 5.73 Å². The average molecular weight is 227 g/mol. The van der Waals surface area contributed by atoms with Gasteiger partial charge in [0.05, 0.1) is 0 Å². The first-order valence-electron chi connectivity index (χ1n) is 5.42. The van der Waals surface area contributed by atoms with Gasteiger partial charge < -0.3 is 5.73 Å². The molecule has 0 aromatic heterocycles. The fourth-order valence-corrected chi connectivity index (χ4v) is 1.73. The first-order chi connectivity index (χ1) is 7.20. The minimum absolute atomic E-state index is 0.0220. The lowest BCUT2D eigenvalue weighted by molar-refractivity contribution is 0.338. The smallest absolute Gasteiger partial charge is 0.130 e. The lowest BCUT2D eigenvalue weighted by Gasteiger charge is -2.24. The number of halogens is 2. The van der Waals surface area contributed by atoms with E-state index >= 15 is 0 Å². The SMILES string of the molecule is Cc1cc(C(N)CC(C)(C)C)c(F)cc1F. The molecule has 0 radical (unpaired) electrons. The Balaban J connectivity index is 3.00. The molecule has 0 bridgehead atoms. The van der Waals surface area contributed by atoms with Crippen LogP contribution in [0.15, 0.2) is 12.1 Å². The highest BCUT2D eigenvalue weighted by atomic mass is 19.1. The van der Waals surface area contributed by atoms with Crippen LogP contribution in [0.1, 0.15) is 44.4 Å². The maximum Gasteiger partial charge on any atom is 0.130 e. The Kier molecular flexibility index (Phi) is 3.68. The molecule has 0 saturated heterocycles. The zero-order chi connectivity index (χ0) is 12.5. The normalized spacial score (nSPS) is 13.9. The van der Waals surface area contributed by atoms with E-state index < -0.39 is 11.6 Å². The van der Waals surface area contributed by atoms with Crippen molar-refractivity contribution in [2.24, 2.45) is 11.1 Å². The Morgan fingerprint density at radius 3 is 2.25 bits per heavy atom. The molecule has 0 amide bonds. The van der Waals surface area contributed by atoms with Crippen LogP contribution < -0.4 is 5.73 Å². The van der Waals surface area contributed by atoms with Crippen molar-refractivity contribution in [2.45, 2.75) is 40.2 Å². The fourth-order valence-electron chi connectivity index (χ4n) is 1.73. The molecule has 3 heteroatoms. The Labute approximate surface area is 95.7 Å².